The van der Waals surface area contributed by atoms with Crippen LogP contribution < -0.4 is 9.47 Å². The van der Waals surface area contributed by atoms with Crippen LogP contribution >= 0.6 is 0 Å². The molecule has 2 heterocycles. The quantitative estimate of drug-likeness (QED) is 0.361. The number of methoxy groups -OCH3 is 1. The van der Waals surface area contributed by atoms with Gasteiger partial charge in [0.1, 0.15) is 0 Å². The number of ether oxygens (including phenoxy) is 3. The molecule has 1 atom stereocenters. The van der Waals surface area contributed by atoms with Gasteiger partial charge in [-0.15, -0.1) is 5.10 Å². The highest BCUT2D eigenvalue weighted by atomic mass is 16.6. The van der Waals surface area contributed by atoms with Gasteiger partial charge >= 0.3 is 5.69 Å². The number of hydrazone groups is 1. The van der Waals surface area contributed by atoms with Gasteiger partial charge in [-0.25, -0.2) is 0 Å². The molecule has 0 radical (unpaired) electrons. The summed E-state index contributed by atoms with van der Waals surface area (Å²) in [6.07, 6.45) is 2.24. The molecule has 0 spiro atoms. The van der Waals surface area contributed by atoms with Crippen LogP contribution in [0.15, 0.2) is 66.0 Å². The van der Waals surface area contributed by atoms with Gasteiger partial charge in [-0.1, -0.05) is 0 Å². The molecule has 0 N–H and O–H groups in total. The first kappa shape index (κ1) is 23.1. The second-order valence-corrected chi connectivity index (χ2v) is 7.16. The zero-order valence-electron chi connectivity index (χ0n) is 18.4. The van der Waals surface area contributed by atoms with Crippen molar-refractivity contribution in [3.63, 3.8) is 0 Å². The predicted molar refractivity (Wildman–Crippen MR) is 120 cm³/mol. The van der Waals surface area contributed by atoms with Crippen LogP contribution in [-0.4, -0.2) is 38.8 Å². The number of nitro benzene ring substituents is 2. The van der Waals surface area contributed by atoms with Crippen LogP contribution in [0.1, 0.15) is 24.3 Å². The lowest BCUT2D eigenvalue weighted by molar-refractivity contribution is -0.394. The number of amides is 1. The zero-order chi connectivity index (χ0) is 25.1. The van der Waals surface area contributed by atoms with Gasteiger partial charge in [0.05, 0.1) is 28.6 Å². The number of hydrogen-bond acceptors (Lipinski definition) is 10. The molecule has 178 valence electrons. The molecule has 1 amide bonds. The lowest BCUT2D eigenvalue weighted by Crippen LogP contribution is -2.25. The van der Waals surface area contributed by atoms with Gasteiger partial charge in [-0.2, -0.15) is 5.01 Å². The van der Waals surface area contributed by atoms with Crippen molar-refractivity contribution < 1.29 is 28.9 Å². The van der Waals surface area contributed by atoms with E-state index in [2.05, 4.69) is 10.1 Å². The van der Waals surface area contributed by atoms with Gasteiger partial charge in [0, 0.05) is 30.9 Å². The Bertz CT molecular complexity index is 1340. The third-order valence-electron chi connectivity index (χ3n) is 4.92. The molecule has 1 aliphatic rings. The van der Waals surface area contributed by atoms with Gasteiger partial charge in [0.15, 0.2) is 11.5 Å². The summed E-state index contributed by atoms with van der Waals surface area (Å²) in [7, 11) is 1.37. The summed E-state index contributed by atoms with van der Waals surface area (Å²) in [4.78, 5) is 37.1. The fraction of sp³-hybridized carbons (Fsp3) is 0.136. The van der Waals surface area contributed by atoms with Crippen LogP contribution in [-0.2, 0) is 9.53 Å². The van der Waals surface area contributed by atoms with E-state index < -0.39 is 27.4 Å². The van der Waals surface area contributed by atoms with Crippen molar-refractivity contribution in [2.75, 3.05) is 7.11 Å². The van der Waals surface area contributed by atoms with Crippen molar-refractivity contribution in [1.82, 2.24) is 9.99 Å². The van der Waals surface area contributed by atoms with Crippen LogP contribution in [0.5, 0.6) is 17.2 Å². The van der Waals surface area contributed by atoms with E-state index in [0.717, 1.165) is 18.2 Å². The molecule has 2 aromatic carbocycles. The molecule has 4 rings (SSSR count). The Hall–Kier alpha value is -5.07. The van der Waals surface area contributed by atoms with E-state index in [4.69, 9.17) is 14.2 Å². The van der Waals surface area contributed by atoms with Gasteiger partial charge in [-0.05, 0) is 36.4 Å². The first-order chi connectivity index (χ1) is 16.8. The maximum absolute atomic E-state index is 12.2. The standard InChI is InChI=1S/C22H17N5O8/c1-13(28)25-22(35-21(24-25)15-4-3-9-23-12-15)14-5-7-19(20(10-14)33-2)34-18-8-6-16(26(29)30)11-17(18)27(31)32/h3-12,22H,1-2H3/t22-/m0/s1. The molecular weight excluding hydrogens is 462 g/mol. The Balaban J connectivity index is 1.65. The number of nitrogens with zero attached hydrogens (tertiary/aromatic N) is 5. The van der Waals surface area contributed by atoms with Crippen LogP contribution in [0.25, 0.3) is 0 Å². The number of benzene rings is 2. The minimum atomic E-state index is -0.903. The summed E-state index contributed by atoms with van der Waals surface area (Å²) in [6, 6.07) is 11.1. The van der Waals surface area contributed by atoms with Gasteiger partial charge < -0.3 is 14.2 Å². The molecule has 0 saturated carbocycles. The third kappa shape index (κ3) is 4.68. The van der Waals surface area contributed by atoms with Crippen molar-refractivity contribution >= 4 is 23.2 Å². The number of rotatable bonds is 7. The molecule has 1 aliphatic heterocycles. The summed E-state index contributed by atoms with van der Waals surface area (Å²) >= 11 is 0. The number of carbonyl (C=O) groups is 1. The van der Waals surface area contributed by atoms with E-state index >= 15 is 0 Å². The average Bonchev–Trinajstić information content (AvgIpc) is 3.31. The Morgan fingerprint density at radius 3 is 2.46 bits per heavy atom. The van der Waals surface area contributed by atoms with Crippen molar-refractivity contribution in [2.45, 2.75) is 13.2 Å². The Morgan fingerprint density at radius 1 is 1.06 bits per heavy atom. The predicted octanol–water partition coefficient (Wildman–Crippen LogP) is 3.94. The van der Waals surface area contributed by atoms with Crippen LogP contribution in [0, 0.1) is 20.2 Å². The van der Waals surface area contributed by atoms with Crippen LogP contribution in [0.2, 0.25) is 0 Å². The summed E-state index contributed by atoms with van der Waals surface area (Å²) in [6.45, 7) is 1.34. The van der Waals surface area contributed by atoms with E-state index in [-0.39, 0.29) is 29.1 Å². The first-order valence-electron chi connectivity index (χ1n) is 10.0. The van der Waals surface area contributed by atoms with Crippen LogP contribution in [0.4, 0.5) is 11.4 Å². The Labute approximate surface area is 197 Å². The van der Waals surface area contributed by atoms with Gasteiger partial charge in [0.2, 0.25) is 23.8 Å². The smallest absolute Gasteiger partial charge is 0.318 e. The molecule has 0 aliphatic carbocycles. The molecule has 1 aromatic heterocycles. The first-order valence-corrected chi connectivity index (χ1v) is 10.0. The second-order valence-electron chi connectivity index (χ2n) is 7.16. The third-order valence-corrected chi connectivity index (χ3v) is 4.92. The summed E-state index contributed by atoms with van der Waals surface area (Å²) in [5.41, 5.74) is 0.0455. The minimum Gasteiger partial charge on any atom is -0.493 e. The number of carbonyl (C=O) groups excluding carboxylic acids is 1. The normalized spacial score (nSPS) is 14.6. The highest BCUT2D eigenvalue weighted by molar-refractivity contribution is 5.96. The monoisotopic (exact) mass is 479 g/mol. The molecule has 13 heteroatoms. The number of pyridine rings is 1. The van der Waals surface area contributed by atoms with Crippen molar-refractivity contribution in [3.05, 3.63) is 92.3 Å². The molecule has 0 unspecified atom stereocenters. The number of hydrogen-bond donors (Lipinski definition) is 0. The van der Waals surface area contributed by atoms with E-state index in [9.17, 15) is 25.0 Å². The molecule has 0 saturated heterocycles. The van der Waals surface area contributed by atoms with Crippen LogP contribution in [0.3, 0.4) is 0 Å². The fourth-order valence-corrected chi connectivity index (χ4v) is 3.28. The highest BCUT2D eigenvalue weighted by Gasteiger charge is 2.34. The number of non-ortho nitro benzene ring substituents is 1. The summed E-state index contributed by atoms with van der Waals surface area (Å²) < 4.78 is 17.0. The zero-order valence-corrected chi connectivity index (χ0v) is 18.4. The largest absolute Gasteiger partial charge is 0.493 e. The summed E-state index contributed by atoms with van der Waals surface area (Å²) in [5, 5.41) is 27.8. The Morgan fingerprint density at radius 2 is 1.83 bits per heavy atom. The topological polar surface area (TPSA) is 160 Å². The molecule has 3 aromatic rings. The lowest BCUT2D eigenvalue weighted by atomic mass is 10.1. The van der Waals surface area contributed by atoms with E-state index in [1.54, 1.807) is 30.6 Å². The highest BCUT2D eigenvalue weighted by Crippen LogP contribution is 2.40. The molecule has 0 fully saturated rings. The number of aromatic nitrogens is 1. The Kier molecular flexibility index (Phi) is 6.22. The summed E-state index contributed by atoms with van der Waals surface area (Å²) in [5.74, 6) is -0.0869. The molecule has 13 nitrogen and oxygen atoms in total. The van der Waals surface area contributed by atoms with Crippen molar-refractivity contribution in [3.8, 4) is 17.2 Å². The van der Waals surface area contributed by atoms with Gasteiger partial charge in [0.25, 0.3) is 5.69 Å². The lowest BCUT2D eigenvalue weighted by Gasteiger charge is -2.20. The van der Waals surface area contributed by atoms with Crippen molar-refractivity contribution in [2.24, 2.45) is 5.10 Å². The molecule has 0 bridgehead atoms. The SMILES string of the molecule is COc1cc([C@@H]2OC(c3cccnc3)=NN2C(C)=O)ccc1Oc1ccc([N+](=O)[O-])cc1[N+](=O)[O-]. The fourth-order valence-electron chi connectivity index (χ4n) is 3.28. The molecule has 35 heavy (non-hydrogen) atoms. The van der Waals surface area contributed by atoms with Gasteiger partial charge in [-0.3, -0.25) is 30.0 Å². The van der Waals surface area contributed by atoms with E-state index in [1.165, 1.54) is 31.2 Å². The average molecular weight is 479 g/mol. The maximum Gasteiger partial charge on any atom is 0.318 e. The number of nitro groups is 2. The molecular formula is C22H17N5O8. The minimum absolute atomic E-state index is 0.106. The second kappa shape index (κ2) is 9.43. The maximum atomic E-state index is 12.2. The van der Waals surface area contributed by atoms with E-state index in [1.807, 2.05) is 0 Å². The van der Waals surface area contributed by atoms with Crippen molar-refractivity contribution in [1.29, 1.82) is 0 Å². The van der Waals surface area contributed by atoms with E-state index in [0.29, 0.717) is 11.1 Å².